The molecule has 2 aliphatic rings. The van der Waals surface area contributed by atoms with Crippen molar-refractivity contribution in [2.24, 2.45) is 5.73 Å². The fourth-order valence-corrected chi connectivity index (χ4v) is 3.40. The van der Waals surface area contributed by atoms with Gasteiger partial charge in [-0.25, -0.2) is 0 Å². The Morgan fingerprint density at radius 1 is 1.29 bits per heavy atom. The fourth-order valence-electron chi connectivity index (χ4n) is 3.40. The van der Waals surface area contributed by atoms with Crippen LogP contribution in [0.5, 0.6) is 0 Å². The van der Waals surface area contributed by atoms with Gasteiger partial charge in [-0.05, 0) is 49.9 Å². The van der Waals surface area contributed by atoms with Crippen molar-refractivity contribution in [1.82, 2.24) is 15.0 Å². The van der Waals surface area contributed by atoms with Crippen LogP contribution in [0, 0.1) is 0 Å². The van der Waals surface area contributed by atoms with Crippen LogP contribution in [0.4, 0.5) is 0 Å². The van der Waals surface area contributed by atoms with E-state index in [4.69, 9.17) is 10.3 Å². The second-order valence-electron chi connectivity index (χ2n) is 6.90. The second-order valence-corrected chi connectivity index (χ2v) is 6.90. The second kappa shape index (κ2) is 6.36. The average molecular weight is 326 g/mol. The summed E-state index contributed by atoms with van der Waals surface area (Å²) in [6.45, 7) is 2.78. The lowest BCUT2D eigenvalue weighted by molar-refractivity contribution is 0.1000. The molecule has 1 atom stereocenters. The van der Waals surface area contributed by atoms with Gasteiger partial charge in [0.15, 0.2) is 5.82 Å². The summed E-state index contributed by atoms with van der Waals surface area (Å²) in [4.78, 5) is 18.3. The SMILES string of the molecule is NC(=O)c1cccc(CN2CCCC(c3noc(C4CC4)n3)C2)c1. The van der Waals surface area contributed by atoms with Crippen LogP contribution in [-0.4, -0.2) is 34.0 Å². The number of primary amides is 1. The minimum atomic E-state index is -0.382. The lowest BCUT2D eigenvalue weighted by Crippen LogP contribution is -2.34. The zero-order chi connectivity index (χ0) is 16.5. The highest BCUT2D eigenvalue weighted by atomic mass is 16.5. The number of aromatic nitrogens is 2. The summed E-state index contributed by atoms with van der Waals surface area (Å²) in [5, 5.41) is 4.21. The summed E-state index contributed by atoms with van der Waals surface area (Å²) >= 11 is 0. The first-order chi connectivity index (χ1) is 11.7. The molecule has 1 amide bonds. The Morgan fingerprint density at radius 2 is 2.17 bits per heavy atom. The Bertz CT molecular complexity index is 738. The van der Waals surface area contributed by atoms with E-state index >= 15 is 0 Å². The zero-order valence-electron chi connectivity index (χ0n) is 13.6. The van der Waals surface area contributed by atoms with Crippen LogP contribution in [-0.2, 0) is 6.54 Å². The number of benzene rings is 1. The Labute approximate surface area is 141 Å². The Balaban J connectivity index is 1.42. The van der Waals surface area contributed by atoms with E-state index in [9.17, 15) is 4.79 Å². The molecule has 1 aromatic carbocycles. The van der Waals surface area contributed by atoms with Crippen LogP contribution < -0.4 is 5.73 Å². The zero-order valence-corrected chi connectivity index (χ0v) is 13.6. The third kappa shape index (κ3) is 3.33. The number of rotatable bonds is 5. The van der Waals surface area contributed by atoms with Crippen LogP contribution >= 0.6 is 0 Å². The largest absolute Gasteiger partial charge is 0.366 e. The normalized spacial score (nSPS) is 21.8. The molecule has 1 aromatic heterocycles. The predicted molar refractivity (Wildman–Crippen MR) is 88.5 cm³/mol. The van der Waals surface area contributed by atoms with E-state index in [1.165, 1.54) is 12.8 Å². The molecule has 1 unspecified atom stereocenters. The molecule has 2 fully saturated rings. The van der Waals surface area contributed by atoms with Gasteiger partial charge in [-0.2, -0.15) is 4.98 Å². The van der Waals surface area contributed by atoms with Gasteiger partial charge in [0.2, 0.25) is 11.8 Å². The molecule has 24 heavy (non-hydrogen) atoms. The number of nitrogens with two attached hydrogens (primary N) is 1. The molecule has 1 saturated carbocycles. The van der Waals surface area contributed by atoms with Crippen molar-refractivity contribution in [3.05, 3.63) is 47.1 Å². The van der Waals surface area contributed by atoms with E-state index in [1.807, 2.05) is 18.2 Å². The molecular formula is C18H22N4O2. The van der Waals surface area contributed by atoms with Crippen molar-refractivity contribution < 1.29 is 9.32 Å². The highest BCUT2D eigenvalue weighted by Crippen LogP contribution is 2.39. The number of nitrogens with zero attached hydrogens (tertiary/aromatic N) is 3. The van der Waals surface area contributed by atoms with Gasteiger partial charge in [0.1, 0.15) is 0 Å². The van der Waals surface area contributed by atoms with Crippen LogP contribution in [0.1, 0.15) is 65.2 Å². The maximum absolute atomic E-state index is 11.3. The molecule has 1 aliphatic carbocycles. The Hall–Kier alpha value is -2.21. The Morgan fingerprint density at radius 3 is 2.96 bits per heavy atom. The third-order valence-electron chi connectivity index (χ3n) is 4.87. The minimum absolute atomic E-state index is 0.328. The van der Waals surface area contributed by atoms with E-state index < -0.39 is 0 Å². The molecule has 0 bridgehead atoms. The molecule has 6 nitrogen and oxygen atoms in total. The number of carbonyl (C=O) groups excluding carboxylic acids is 1. The van der Waals surface area contributed by atoms with Gasteiger partial charge < -0.3 is 10.3 Å². The van der Waals surface area contributed by atoms with Crippen LogP contribution in [0.25, 0.3) is 0 Å². The number of carbonyl (C=O) groups is 1. The smallest absolute Gasteiger partial charge is 0.248 e. The van der Waals surface area contributed by atoms with Crippen molar-refractivity contribution in [2.75, 3.05) is 13.1 Å². The average Bonchev–Trinajstić information content (AvgIpc) is 3.32. The summed E-state index contributed by atoms with van der Waals surface area (Å²) in [6, 6.07) is 7.56. The predicted octanol–water partition coefficient (Wildman–Crippen LogP) is 2.43. The molecule has 2 N–H and O–H groups in total. The van der Waals surface area contributed by atoms with Gasteiger partial charge in [0.05, 0.1) is 0 Å². The van der Waals surface area contributed by atoms with Gasteiger partial charge in [-0.1, -0.05) is 17.3 Å². The molecule has 1 aliphatic heterocycles. The monoisotopic (exact) mass is 326 g/mol. The minimum Gasteiger partial charge on any atom is -0.366 e. The summed E-state index contributed by atoms with van der Waals surface area (Å²) in [5.41, 5.74) is 7.04. The number of hydrogen-bond acceptors (Lipinski definition) is 5. The van der Waals surface area contributed by atoms with Gasteiger partial charge >= 0.3 is 0 Å². The quantitative estimate of drug-likeness (QED) is 0.912. The first kappa shape index (κ1) is 15.3. The van der Waals surface area contributed by atoms with Crippen LogP contribution in [0.2, 0.25) is 0 Å². The van der Waals surface area contributed by atoms with E-state index in [-0.39, 0.29) is 5.91 Å². The number of piperidine rings is 1. The van der Waals surface area contributed by atoms with Crippen molar-refractivity contribution in [1.29, 1.82) is 0 Å². The molecule has 0 spiro atoms. The molecule has 4 rings (SSSR count). The van der Waals surface area contributed by atoms with Gasteiger partial charge in [-0.3, -0.25) is 9.69 Å². The molecular weight excluding hydrogens is 304 g/mol. The fraction of sp³-hybridized carbons (Fsp3) is 0.500. The summed E-state index contributed by atoms with van der Waals surface area (Å²) in [7, 11) is 0. The van der Waals surface area contributed by atoms with Crippen molar-refractivity contribution >= 4 is 5.91 Å². The first-order valence-electron chi connectivity index (χ1n) is 8.63. The number of amides is 1. The lowest BCUT2D eigenvalue weighted by atomic mass is 9.96. The van der Waals surface area contributed by atoms with E-state index in [2.05, 4.69) is 15.0 Å². The standard InChI is InChI=1S/C18H22N4O2/c19-16(23)14-4-1-3-12(9-14)10-22-8-2-5-15(11-22)17-20-18(24-21-17)13-6-7-13/h1,3-4,9,13,15H,2,5-8,10-11H2,(H2,19,23). The van der Waals surface area contributed by atoms with Crippen molar-refractivity contribution in [3.8, 4) is 0 Å². The van der Waals surface area contributed by atoms with Crippen molar-refractivity contribution in [2.45, 2.75) is 44.1 Å². The van der Waals surface area contributed by atoms with E-state index in [1.54, 1.807) is 6.07 Å². The van der Waals surface area contributed by atoms with E-state index in [0.29, 0.717) is 17.4 Å². The molecule has 0 radical (unpaired) electrons. The summed E-state index contributed by atoms with van der Waals surface area (Å²) < 4.78 is 5.41. The maximum Gasteiger partial charge on any atom is 0.248 e. The van der Waals surface area contributed by atoms with Crippen LogP contribution in [0.3, 0.4) is 0 Å². The first-order valence-corrected chi connectivity index (χ1v) is 8.63. The summed E-state index contributed by atoms with van der Waals surface area (Å²) in [5.74, 6) is 2.12. The molecule has 2 aromatic rings. The Kier molecular flexibility index (Phi) is 4.06. The highest BCUT2D eigenvalue weighted by molar-refractivity contribution is 5.92. The van der Waals surface area contributed by atoms with Gasteiger partial charge in [0.25, 0.3) is 0 Å². The van der Waals surface area contributed by atoms with E-state index in [0.717, 1.165) is 49.8 Å². The summed E-state index contributed by atoms with van der Waals surface area (Å²) in [6.07, 6.45) is 4.57. The molecule has 2 heterocycles. The highest BCUT2D eigenvalue weighted by Gasteiger charge is 2.32. The third-order valence-corrected chi connectivity index (χ3v) is 4.87. The molecule has 126 valence electrons. The van der Waals surface area contributed by atoms with Gasteiger partial charge in [-0.15, -0.1) is 0 Å². The number of likely N-dealkylation sites (tertiary alicyclic amines) is 1. The maximum atomic E-state index is 11.3. The molecule has 6 heteroatoms. The number of hydrogen-bond donors (Lipinski definition) is 1. The van der Waals surface area contributed by atoms with Crippen molar-refractivity contribution in [3.63, 3.8) is 0 Å². The molecule has 1 saturated heterocycles. The van der Waals surface area contributed by atoms with Crippen LogP contribution in [0.15, 0.2) is 28.8 Å². The topological polar surface area (TPSA) is 85.3 Å². The lowest BCUT2D eigenvalue weighted by Gasteiger charge is -2.31. The van der Waals surface area contributed by atoms with Gasteiger partial charge in [0, 0.05) is 30.5 Å².